The van der Waals surface area contributed by atoms with Crippen LogP contribution in [-0.4, -0.2) is 8.42 Å². The van der Waals surface area contributed by atoms with Gasteiger partial charge < -0.3 is 5.73 Å². The second kappa shape index (κ2) is 5.92. The number of halogens is 2. The number of sulfonamides is 1. The van der Waals surface area contributed by atoms with Crippen molar-refractivity contribution in [3.8, 4) is 0 Å². The Balaban J connectivity index is 2.35. The topological polar surface area (TPSA) is 72.2 Å². The SMILES string of the molecule is Cc1ccc(C(C)NS(=O)(=O)c2cc(N)cc(Cl)c2F)s1. The van der Waals surface area contributed by atoms with E-state index in [2.05, 4.69) is 4.72 Å². The summed E-state index contributed by atoms with van der Waals surface area (Å²) in [5.74, 6) is -1.01. The second-order valence-electron chi connectivity index (χ2n) is 4.61. The van der Waals surface area contributed by atoms with Gasteiger partial charge in [-0.2, -0.15) is 0 Å². The van der Waals surface area contributed by atoms with E-state index >= 15 is 0 Å². The van der Waals surface area contributed by atoms with E-state index in [1.807, 2.05) is 19.1 Å². The average molecular weight is 349 g/mol. The van der Waals surface area contributed by atoms with Gasteiger partial charge in [-0.3, -0.25) is 0 Å². The average Bonchev–Trinajstić information content (AvgIpc) is 2.80. The van der Waals surface area contributed by atoms with Crippen LogP contribution in [0.15, 0.2) is 29.2 Å². The molecule has 0 aliphatic heterocycles. The number of rotatable bonds is 4. The lowest BCUT2D eigenvalue weighted by Crippen LogP contribution is -2.27. The molecule has 0 fully saturated rings. The quantitative estimate of drug-likeness (QED) is 0.831. The maximum Gasteiger partial charge on any atom is 0.244 e. The Morgan fingerprint density at radius 3 is 2.62 bits per heavy atom. The third-order valence-corrected chi connectivity index (χ3v) is 5.82. The molecule has 2 rings (SSSR count). The van der Waals surface area contributed by atoms with Gasteiger partial charge in [-0.05, 0) is 38.1 Å². The molecule has 4 nitrogen and oxygen atoms in total. The Hall–Kier alpha value is -1.15. The largest absolute Gasteiger partial charge is 0.399 e. The Kier molecular flexibility index (Phi) is 4.57. The lowest BCUT2D eigenvalue weighted by atomic mass is 10.3. The summed E-state index contributed by atoms with van der Waals surface area (Å²) in [6.45, 7) is 3.61. The van der Waals surface area contributed by atoms with Crippen molar-refractivity contribution < 1.29 is 12.8 Å². The number of anilines is 1. The molecule has 0 saturated carbocycles. The van der Waals surface area contributed by atoms with Crippen molar-refractivity contribution >= 4 is 38.6 Å². The van der Waals surface area contributed by atoms with Gasteiger partial charge in [-0.25, -0.2) is 17.5 Å². The molecule has 1 atom stereocenters. The molecule has 0 spiro atoms. The van der Waals surface area contributed by atoms with E-state index in [1.54, 1.807) is 6.92 Å². The smallest absolute Gasteiger partial charge is 0.244 e. The summed E-state index contributed by atoms with van der Waals surface area (Å²) in [7, 11) is -4.06. The van der Waals surface area contributed by atoms with Crippen LogP contribution in [0.3, 0.4) is 0 Å². The molecular formula is C13H14ClFN2O2S2. The van der Waals surface area contributed by atoms with E-state index in [1.165, 1.54) is 17.4 Å². The third kappa shape index (κ3) is 3.55. The van der Waals surface area contributed by atoms with Crippen molar-refractivity contribution in [3.63, 3.8) is 0 Å². The zero-order valence-electron chi connectivity index (χ0n) is 11.4. The van der Waals surface area contributed by atoms with Gasteiger partial charge >= 0.3 is 0 Å². The highest BCUT2D eigenvalue weighted by Crippen LogP contribution is 2.28. The molecular weight excluding hydrogens is 335 g/mol. The molecule has 1 heterocycles. The van der Waals surface area contributed by atoms with Crippen molar-refractivity contribution in [3.05, 3.63) is 44.9 Å². The Bertz CT molecular complexity index is 774. The fourth-order valence-corrected chi connectivity index (χ4v) is 4.41. The summed E-state index contributed by atoms with van der Waals surface area (Å²) < 4.78 is 40.9. The van der Waals surface area contributed by atoms with Crippen molar-refractivity contribution in [1.82, 2.24) is 4.72 Å². The van der Waals surface area contributed by atoms with Crippen LogP contribution in [-0.2, 0) is 10.0 Å². The van der Waals surface area contributed by atoms with Crippen LogP contribution in [0.1, 0.15) is 22.7 Å². The molecule has 21 heavy (non-hydrogen) atoms. The zero-order chi connectivity index (χ0) is 15.8. The van der Waals surface area contributed by atoms with Crippen LogP contribution in [0.25, 0.3) is 0 Å². The van der Waals surface area contributed by atoms with Crippen LogP contribution in [0.5, 0.6) is 0 Å². The van der Waals surface area contributed by atoms with E-state index in [4.69, 9.17) is 17.3 Å². The van der Waals surface area contributed by atoms with Crippen molar-refractivity contribution in [2.45, 2.75) is 24.8 Å². The fourth-order valence-electron chi connectivity index (χ4n) is 1.82. The lowest BCUT2D eigenvalue weighted by molar-refractivity contribution is 0.548. The number of nitrogens with one attached hydrogen (secondary N) is 1. The molecule has 1 aromatic heterocycles. The minimum Gasteiger partial charge on any atom is -0.399 e. The normalized spacial score (nSPS) is 13.3. The molecule has 0 saturated heterocycles. The predicted octanol–water partition coefficient (Wildman–Crippen LogP) is 3.47. The number of thiophene rings is 1. The fraction of sp³-hybridized carbons (Fsp3) is 0.231. The molecule has 0 bridgehead atoms. The monoisotopic (exact) mass is 348 g/mol. The van der Waals surface area contributed by atoms with Crippen LogP contribution in [0, 0.1) is 12.7 Å². The van der Waals surface area contributed by atoms with Gasteiger partial charge in [-0.1, -0.05) is 11.6 Å². The molecule has 0 aliphatic rings. The highest BCUT2D eigenvalue weighted by atomic mass is 35.5. The van der Waals surface area contributed by atoms with Gasteiger partial charge in [0.15, 0.2) is 5.82 Å². The maximum atomic E-state index is 13.9. The number of nitrogens with two attached hydrogens (primary N) is 1. The summed E-state index contributed by atoms with van der Waals surface area (Å²) in [6, 6.07) is 5.46. The first-order valence-electron chi connectivity index (χ1n) is 6.04. The van der Waals surface area contributed by atoms with Crippen molar-refractivity contribution in [2.24, 2.45) is 0 Å². The molecule has 2 aromatic rings. The van der Waals surface area contributed by atoms with Gasteiger partial charge in [0.25, 0.3) is 0 Å². The number of hydrogen-bond acceptors (Lipinski definition) is 4. The minimum absolute atomic E-state index is 0.0846. The highest BCUT2D eigenvalue weighted by molar-refractivity contribution is 7.89. The number of aryl methyl sites for hydroxylation is 1. The van der Waals surface area contributed by atoms with Crippen LogP contribution < -0.4 is 10.5 Å². The standard InChI is InChI=1S/C13H14ClFN2O2S2/c1-7-3-4-11(20-7)8(2)17-21(18,19)12-6-9(16)5-10(14)13(12)15/h3-6,8,17H,16H2,1-2H3. The third-order valence-electron chi connectivity index (χ3n) is 2.83. The predicted molar refractivity (Wildman–Crippen MR) is 83.6 cm³/mol. The number of hydrogen-bond donors (Lipinski definition) is 2. The van der Waals surface area contributed by atoms with Crippen LogP contribution >= 0.6 is 22.9 Å². The number of benzene rings is 1. The summed E-state index contributed by atoms with van der Waals surface area (Å²) in [5.41, 5.74) is 5.61. The lowest BCUT2D eigenvalue weighted by Gasteiger charge is -2.14. The van der Waals surface area contributed by atoms with Crippen LogP contribution in [0.4, 0.5) is 10.1 Å². The first-order chi connectivity index (χ1) is 9.70. The molecule has 114 valence electrons. The zero-order valence-corrected chi connectivity index (χ0v) is 13.7. The first kappa shape index (κ1) is 16.2. The molecule has 8 heteroatoms. The number of nitrogen functional groups attached to an aromatic ring is 1. The summed E-state index contributed by atoms with van der Waals surface area (Å²) in [4.78, 5) is 1.35. The van der Waals surface area contributed by atoms with Gasteiger partial charge in [0, 0.05) is 15.4 Å². The first-order valence-corrected chi connectivity index (χ1v) is 8.71. The molecule has 3 N–H and O–H groups in total. The van der Waals surface area contributed by atoms with E-state index in [9.17, 15) is 12.8 Å². The van der Waals surface area contributed by atoms with Gasteiger partial charge in [0.1, 0.15) is 4.90 Å². The van der Waals surface area contributed by atoms with Crippen molar-refractivity contribution in [2.75, 3.05) is 5.73 Å². The maximum absolute atomic E-state index is 13.9. The van der Waals surface area contributed by atoms with Gasteiger partial charge in [0.05, 0.1) is 11.1 Å². The molecule has 0 radical (unpaired) electrons. The van der Waals surface area contributed by atoms with E-state index in [0.717, 1.165) is 15.8 Å². The molecule has 1 unspecified atom stereocenters. The minimum atomic E-state index is -4.06. The van der Waals surface area contributed by atoms with E-state index in [0.29, 0.717) is 0 Å². The Morgan fingerprint density at radius 1 is 1.38 bits per heavy atom. The summed E-state index contributed by atoms with van der Waals surface area (Å²) >= 11 is 7.11. The highest BCUT2D eigenvalue weighted by Gasteiger charge is 2.24. The van der Waals surface area contributed by atoms with Crippen LogP contribution in [0.2, 0.25) is 5.02 Å². The molecule has 0 aliphatic carbocycles. The van der Waals surface area contributed by atoms with E-state index < -0.39 is 26.8 Å². The van der Waals surface area contributed by atoms with Gasteiger partial charge in [0.2, 0.25) is 10.0 Å². The Labute approximate surface area is 131 Å². The Morgan fingerprint density at radius 2 is 2.05 bits per heavy atom. The second-order valence-corrected chi connectivity index (χ2v) is 8.02. The summed E-state index contributed by atoms with van der Waals surface area (Å²) in [5, 5.41) is -0.324. The molecule has 0 amide bonds. The van der Waals surface area contributed by atoms with Crippen molar-refractivity contribution in [1.29, 1.82) is 0 Å². The summed E-state index contributed by atoms with van der Waals surface area (Å²) in [6.07, 6.45) is 0. The van der Waals surface area contributed by atoms with Gasteiger partial charge in [-0.15, -0.1) is 11.3 Å². The van der Waals surface area contributed by atoms with E-state index in [-0.39, 0.29) is 10.7 Å². The molecule has 1 aromatic carbocycles.